The van der Waals surface area contributed by atoms with Crippen molar-refractivity contribution in [3.63, 3.8) is 0 Å². The molecule has 0 spiro atoms. The van der Waals surface area contributed by atoms with Crippen LogP contribution in [0.5, 0.6) is 5.75 Å². The number of nitro benzene ring substituents is 1. The number of nitro groups is 1. The summed E-state index contributed by atoms with van der Waals surface area (Å²) in [6.45, 7) is 15.0. The van der Waals surface area contributed by atoms with E-state index in [0.717, 1.165) is 5.56 Å². The van der Waals surface area contributed by atoms with Gasteiger partial charge in [0.25, 0.3) is 5.69 Å². The Morgan fingerprint density at radius 1 is 0.743 bits per heavy atom. The van der Waals surface area contributed by atoms with Crippen LogP contribution in [0.15, 0.2) is 53.5 Å². The van der Waals surface area contributed by atoms with Crippen molar-refractivity contribution in [2.75, 3.05) is 26.2 Å². The van der Waals surface area contributed by atoms with Crippen LogP contribution in [0, 0.1) is 10.1 Å². The van der Waals surface area contributed by atoms with Crippen molar-refractivity contribution in [1.29, 1.82) is 0 Å². The zero-order chi connectivity index (χ0) is 25.9. The van der Waals surface area contributed by atoms with Gasteiger partial charge in [-0.2, -0.15) is 0 Å². The molecular weight excluding hydrogens is 438 g/mol. The lowest BCUT2D eigenvalue weighted by atomic mass is 10.1. The van der Waals surface area contributed by atoms with Gasteiger partial charge in [-0.05, 0) is 55.5 Å². The van der Waals surface area contributed by atoms with Crippen LogP contribution in [0.2, 0.25) is 0 Å². The summed E-state index contributed by atoms with van der Waals surface area (Å²) in [5.41, 5.74) is 1.46. The molecule has 0 aliphatic heterocycles. The second kappa shape index (κ2) is 17.7. The number of hydrogen-bond donors (Lipinski definition) is 0. The van der Waals surface area contributed by atoms with Crippen LogP contribution in [0.4, 0.5) is 11.4 Å². The van der Waals surface area contributed by atoms with Crippen LogP contribution in [-0.4, -0.2) is 41.8 Å². The van der Waals surface area contributed by atoms with E-state index in [4.69, 9.17) is 0 Å². The molecule has 2 aromatic carbocycles. The highest BCUT2D eigenvalue weighted by atomic mass is 16.6. The van der Waals surface area contributed by atoms with Crippen molar-refractivity contribution >= 4 is 17.6 Å². The molecule has 0 amide bonds. The molecule has 0 atom stereocenters. The molecular formula is C29H45N3O3. The van der Waals surface area contributed by atoms with Gasteiger partial charge in [0.05, 0.1) is 36.8 Å². The van der Waals surface area contributed by atoms with Crippen LogP contribution >= 0.6 is 0 Å². The molecule has 6 nitrogen and oxygen atoms in total. The summed E-state index contributed by atoms with van der Waals surface area (Å²) in [5.74, 6) is -0.0655. The molecule has 6 heteroatoms. The first-order valence-corrected chi connectivity index (χ1v) is 13.3. The summed E-state index contributed by atoms with van der Waals surface area (Å²) in [6.07, 6.45) is 12.6. The number of unbranched alkanes of at least 4 members (excludes halogenated alkanes) is 4. The summed E-state index contributed by atoms with van der Waals surface area (Å²) in [7, 11) is 0. The fourth-order valence-corrected chi connectivity index (χ4v) is 4.01. The van der Waals surface area contributed by atoms with Gasteiger partial charge in [0.2, 0.25) is 0 Å². The first-order valence-electron chi connectivity index (χ1n) is 13.3. The smallest absolute Gasteiger partial charge is 0.269 e. The lowest BCUT2D eigenvalue weighted by molar-refractivity contribution is -0.929. The van der Waals surface area contributed by atoms with E-state index in [2.05, 4.69) is 32.7 Å². The maximum absolute atomic E-state index is 10.9. The van der Waals surface area contributed by atoms with E-state index in [-0.39, 0.29) is 11.4 Å². The molecule has 2 aromatic rings. The Hall–Kier alpha value is -2.73. The average Bonchev–Trinajstić information content (AvgIpc) is 2.88. The molecule has 0 radical (unpaired) electrons. The Morgan fingerprint density at radius 3 is 1.54 bits per heavy atom. The van der Waals surface area contributed by atoms with E-state index in [1.807, 2.05) is 0 Å². The van der Waals surface area contributed by atoms with Crippen molar-refractivity contribution in [1.82, 2.24) is 0 Å². The summed E-state index contributed by atoms with van der Waals surface area (Å²) in [4.78, 5) is 14.2. The number of benzene rings is 2. The SMILES string of the molecule is CCCC[N+](CCCC)(CCCC)CCCC.O=[N+]([O-])c1ccc(C=Nc2ccc([O-])cc2)cc1. The van der Waals surface area contributed by atoms with E-state index in [0.29, 0.717) is 5.69 Å². The highest BCUT2D eigenvalue weighted by Gasteiger charge is 2.24. The Labute approximate surface area is 212 Å². The second-order valence-electron chi connectivity index (χ2n) is 9.25. The predicted molar refractivity (Wildman–Crippen MR) is 146 cm³/mol. The number of aliphatic imine (C=N–C) groups is 1. The van der Waals surface area contributed by atoms with Gasteiger partial charge in [0.15, 0.2) is 0 Å². The molecule has 2 rings (SSSR count). The molecule has 0 unspecified atom stereocenters. The Bertz CT molecular complexity index is 811. The van der Waals surface area contributed by atoms with E-state index < -0.39 is 4.92 Å². The van der Waals surface area contributed by atoms with E-state index >= 15 is 0 Å². The van der Waals surface area contributed by atoms with E-state index in [1.54, 1.807) is 30.5 Å². The van der Waals surface area contributed by atoms with Gasteiger partial charge in [0, 0.05) is 18.3 Å². The van der Waals surface area contributed by atoms with Gasteiger partial charge < -0.3 is 9.59 Å². The van der Waals surface area contributed by atoms with Crippen LogP contribution in [0.25, 0.3) is 0 Å². The number of quaternary nitrogens is 1. The Balaban J connectivity index is 0.000000351. The Kier molecular flexibility index (Phi) is 15.3. The number of hydrogen-bond acceptors (Lipinski definition) is 4. The van der Waals surface area contributed by atoms with Crippen LogP contribution in [0.1, 0.15) is 84.6 Å². The lowest BCUT2D eigenvalue weighted by Gasteiger charge is -2.39. The molecule has 0 aromatic heterocycles. The monoisotopic (exact) mass is 483 g/mol. The third-order valence-corrected chi connectivity index (χ3v) is 6.25. The van der Waals surface area contributed by atoms with Gasteiger partial charge in [-0.25, -0.2) is 0 Å². The third-order valence-electron chi connectivity index (χ3n) is 6.25. The number of non-ortho nitro benzene ring substituents is 1. The van der Waals surface area contributed by atoms with Gasteiger partial charge in [0.1, 0.15) is 0 Å². The molecule has 0 N–H and O–H groups in total. The van der Waals surface area contributed by atoms with E-state index in [1.165, 1.54) is 106 Å². The largest absolute Gasteiger partial charge is 0.872 e. The number of nitrogens with zero attached hydrogens (tertiary/aromatic N) is 3. The van der Waals surface area contributed by atoms with Crippen molar-refractivity contribution in [3.8, 4) is 5.75 Å². The standard InChI is InChI=1S/C16H36N.C13H10N2O3/c1-5-9-13-17(14-10-6-2,15-11-7-3)16-12-8-4;16-13-7-3-11(4-8-13)14-9-10-1-5-12(6-2-10)15(17)18/h5-16H2,1-4H3;1-9,16H/q+1;/p-1. The molecule has 0 fully saturated rings. The lowest BCUT2D eigenvalue weighted by Crippen LogP contribution is -2.50. The fraction of sp³-hybridized carbons (Fsp3) is 0.552. The molecule has 0 heterocycles. The summed E-state index contributed by atoms with van der Waals surface area (Å²) < 4.78 is 1.42. The quantitative estimate of drug-likeness (QED) is 0.114. The first kappa shape index (κ1) is 30.3. The minimum Gasteiger partial charge on any atom is -0.872 e. The van der Waals surface area contributed by atoms with Crippen LogP contribution in [-0.2, 0) is 0 Å². The van der Waals surface area contributed by atoms with E-state index in [9.17, 15) is 15.2 Å². The molecule has 0 bridgehead atoms. The Morgan fingerprint density at radius 2 is 1.17 bits per heavy atom. The van der Waals surface area contributed by atoms with Gasteiger partial charge in [-0.1, -0.05) is 65.5 Å². The molecule has 35 heavy (non-hydrogen) atoms. The van der Waals surface area contributed by atoms with Crippen LogP contribution < -0.4 is 5.11 Å². The van der Waals surface area contributed by atoms with Gasteiger partial charge in [-0.15, -0.1) is 5.75 Å². The first-order chi connectivity index (χ1) is 16.9. The highest BCUT2D eigenvalue weighted by molar-refractivity contribution is 5.82. The van der Waals surface area contributed by atoms with Crippen molar-refractivity contribution in [3.05, 3.63) is 64.2 Å². The zero-order valence-corrected chi connectivity index (χ0v) is 22.2. The van der Waals surface area contributed by atoms with Gasteiger partial charge >= 0.3 is 0 Å². The molecule has 0 saturated carbocycles. The predicted octanol–water partition coefficient (Wildman–Crippen LogP) is 7.42. The fourth-order valence-electron chi connectivity index (χ4n) is 4.01. The van der Waals surface area contributed by atoms with Crippen LogP contribution in [0.3, 0.4) is 0 Å². The average molecular weight is 484 g/mol. The van der Waals surface area contributed by atoms with Crippen molar-refractivity contribution < 1.29 is 14.5 Å². The van der Waals surface area contributed by atoms with Crippen molar-refractivity contribution in [2.45, 2.75) is 79.1 Å². The van der Waals surface area contributed by atoms with Crippen molar-refractivity contribution in [2.24, 2.45) is 4.99 Å². The maximum atomic E-state index is 10.9. The molecule has 0 saturated heterocycles. The zero-order valence-electron chi connectivity index (χ0n) is 22.2. The maximum Gasteiger partial charge on any atom is 0.269 e. The molecule has 0 aliphatic carbocycles. The normalized spacial score (nSPS) is 11.3. The molecule has 0 aliphatic rings. The second-order valence-corrected chi connectivity index (χ2v) is 9.25. The molecule has 194 valence electrons. The minimum absolute atomic E-state index is 0.0443. The topological polar surface area (TPSA) is 78.6 Å². The number of rotatable bonds is 15. The summed E-state index contributed by atoms with van der Waals surface area (Å²) in [5, 5.41) is 21.3. The third kappa shape index (κ3) is 12.5. The minimum atomic E-state index is -0.451. The summed E-state index contributed by atoms with van der Waals surface area (Å²) >= 11 is 0. The summed E-state index contributed by atoms with van der Waals surface area (Å²) in [6, 6.07) is 12.2. The highest BCUT2D eigenvalue weighted by Crippen LogP contribution is 2.17. The van der Waals surface area contributed by atoms with Gasteiger partial charge in [-0.3, -0.25) is 15.1 Å².